The van der Waals surface area contributed by atoms with Crippen molar-refractivity contribution in [3.8, 4) is 17.1 Å². The van der Waals surface area contributed by atoms with Gasteiger partial charge in [0.2, 0.25) is 5.96 Å². The summed E-state index contributed by atoms with van der Waals surface area (Å²) in [6.07, 6.45) is 7.09. The summed E-state index contributed by atoms with van der Waals surface area (Å²) in [5.74, 6) is 1.34. The van der Waals surface area contributed by atoms with Crippen molar-refractivity contribution in [1.29, 1.82) is 0 Å². The molecule has 35 heavy (non-hydrogen) atoms. The summed E-state index contributed by atoms with van der Waals surface area (Å²) in [7, 11) is 3.85. The summed E-state index contributed by atoms with van der Waals surface area (Å²) in [5, 5.41) is 6.50. The minimum Gasteiger partial charge on any atom is -0.495 e. The van der Waals surface area contributed by atoms with Crippen LogP contribution >= 0.6 is 0 Å². The van der Waals surface area contributed by atoms with Gasteiger partial charge < -0.3 is 25.2 Å². The molecule has 2 aliphatic heterocycles. The summed E-state index contributed by atoms with van der Waals surface area (Å²) < 4.78 is 5.72. The standard InChI is InChI=1S/C26H30N8O/c1-33-14-16-34(17-15-33)22-9-8-19(18-23(22)35-2)31-25-30-13-10-26(27,32-25)20-6-5-12-29-24(20)21-7-3-4-11-28-21/h3-13,18H,14-17,27H2,1-2H3,(H2,30,31,32). The van der Waals surface area contributed by atoms with E-state index < -0.39 is 5.66 Å². The highest BCUT2D eigenvalue weighted by Crippen LogP contribution is 2.33. The van der Waals surface area contributed by atoms with Gasteiger partial charge in [-0.1, -0.05) is 12.1 Å². The van der Waals surface area contributed by atoms with E-state index in [9.17, 15) is 0 Å². The number of benzene rings is 1. The largest absolute Gasteiger partial charge is 0.495 e. The monoisotopic (exact) mass is 470 g/mol. The number of hydrogen-bond donors (Lipinski definition) is 3. The Morgan fingerprint density at radius 3 is 2.63 bits per heavy atom. The molecule has 1 saturated heterocycles. The normalized spacial score (nSPS) is 20.2. The van der Waals surface area contributed by atoms with Crippen LogP contribution in [-0.4, -0.2) is 61.2 Å². The molecule has 2 aromatic heterocycles. The van der Waals surface area contributed by atoms with Crippen LogP contribution in [0.3, 0.4) is 0 Å². The SMILES string of the molecule is COc1cc(NC2=NC(N)(c3cccnc3-c3ccccn3)C=CN2)ccc1N1CCN(C)CC1. The number of guanidine groups is 1. The van der Waals surface area contributed by atoms with Crippen LogP contribution in [0, 0.1) is 0 Å². The lowest BCUT2D eigenvalue weighted by atomic mass is 9.96. The Labute approximate surface area is 205 Å². The fraction of sp³-hybridized carbons (Fsp3) is 0.269. The Balaban J connectivity index is 1.41. The number of methoxy groups -OCH3 is 1. The quantitative estimate of drug-likeness (QED) is 0.523. The molecule has 1 fully saturated rings. The van der Waals surface area contributed by atoms with Crippen LogP contribution in [0.1, 0.15) is 5.56 Å². The summed E-state index contributed by atoms with van der Waals surface area (Å²) in [6.45, 7) is 4.00. The zero-order valence-electron chi connectivity index (χ0n) is 20.0. The molecule has 0 amide bonds. The van der Waals surface area contributed by atoms with E-state index in [4.69, 9.17) is 15.5 Å². The van der Waals surface area contributed by atoms with E-state index in [-0.39, 0.29) is 0 Å². The van der Waals surface area contributed by atoms with Gasteiger partial charge in [-0.2, -0.15) is 0 Å². The molecule has 0 bridgehead atoms. The molecule has 1 unspecified atom stereocenters. The summed E-state index contributed by atoms with van der Waals surface area (Å²) >= 11 is 0. The van der Waals surface area contributed by atoms with Crippen molar-refractivity contribution in [3.05, 3.63) is 78.8 Å². The van der Waals surface area contributed by atoms with Crippen LogP contribution in [0.4, 0.5) is 11.4 Å². The number of rotatable bonds is 5. The van der Waals surface area contributed by atoms with Gasteiger partial charge in [-0.15, -0.1) is 0 Å². The van der Waals surface area contributed by atoms with Gasteiger partial charge in [0, 0.05) is 62.1 Å². The highest BCUT2D eigenvalue weighted by Gasteiger charge is 2.31. The Kier molecular flexibility index (Phi) is 6.35. The van der Waals surface area contributed by atoms with Crippen LogP contribution in [0.2, 0.25) is 0 Å². The zero-order chi connectivity index (χ0) is 24.3. The molecule has 0 spiro atoms. The number of nitrogens with two attached hydrogens (primary N) is 1. The predicted molar refractivity (Wildman–Crippen MR) is 139 cm³/mol. The summed E-state index contributed by atoms with van der Waals surface area (Å²) in [6, 6.07) is 15.6. The second-order valence-corrected chi connectivity index (χ2v) is 8.68. The molecule has 0 saturated carbocycles. The molecular weight excluding hydrogens is 440 g/mol. The number of pyridine rings is 2. The van der Waals surface area contributed by atoms with Crippen LogP contribution < -0.4 is 26.0 Å². The van der Waals surface area contributed by atoms with E-state index in [1.165, 1.54) is 0 Å². The molecule has 4 heterocycles. The predicted octanol–water partition coefficient (Wildman–Crippen LogP) is 2.60. The van der Waals surface area contributed by atoms with Crippen molar-refractivity contribution in [1.82, 2.24) is 20.2 Å². The molecule has 1 aromatic carbocycles. The maximum atomic E-state index is 6.79. The first-order valence-electron chi connectivity index (χ1n) is 11.6. The molecule has 9 heteroatoms. The van der Waals surface area contributed by atoms with E-state index in [1.54, 1.807) is 25.7 Å². The first kappa shape index (κ1) is 22.8. The summed E-state index contributed by atoms with van der Waals surface area (Å²) in [5.41, 5.74) is 9.82. The number of hydrogen-bond acceptors (Lipinski definition) is 9. The Hall–Kier alpha value is -3.95. The van der Waals surface area contributed by atoms with Gasteiger partial charge in [-0.05, 0) is 43.5 Å². The van der Waals surface area contributed by atoms with Crippen molar-refractivity contribution in [2.24, 2.45) is 10.7 Å². The Bertz CT molecular complexity index is 1240. The van der Waals surface area contributed by atoms with Crippen molar-refractivity contribution in [2.45, 2.75) is 5.66 Å². The van der Waals surface area contributed by atoms with Crippen molar-refractivity contribution < 1.29 is 4.74 Å². The van der Waals surface area contributed by atoms with E-state index in [0.29, 0.717) is 11.7 Å². The third-order valence-electron chi connectivity index (χ3n) is 6.29. The third kappa shape index (κ3) is 4.82. The molecule has 180 valence electrons. The Morgan fingerprint density at radius 1 is 1.03 bits per heavy atom. The molecule has 3 aromatic rings. The summed E-state index contributed by atoms with van der Waals surface area (Å²) in [4.78, 5) is 18.5. The lowest BCUT2D eigenvalue weighted by Crippen LogP contribution is -2.44. The number of likely N-dealkylation sites (N-methyl/N-ethyl adjacent to an activating group) is 1. The van der Waals surface area contributed by atoms with Crippen LogP contribution in [0.5, 0.6) is 5.75 Å². The molecule has 4 N–H and O–H groups in total. The van der Waals surface area contributed by atoms with Gasteiger partial charge in [-0.3, -0.25) is 15.7 Å². The average Bonchev–Trinajstić information content (AvgIpc) is 2.90. The number of piperazine rings is 1. The van der Waals surface area contributed by atoms with Crippen molar-refractivity contribution in [3.63, 3.8) is 0 Å². The van der Waals surface area contributed by atoms with Crippen molar-refractivity contribution >= 4 is 17.3 Å². The van der Waals surface area contributed by atoms with Crippen LogP contribution in [0.15, 0.2) is 78.2 Å². The van der Waals surface area contributed by atoms with E-state index >= 15 is 0 Å². The van der Waals surface area contributed by atoms with E-state index in [2.05, 4.69) is 43.5 Å². The molecule has 0 radical (unpaired) electrons. The number of anilines is 2. The van der Waals surface area contributed by atoms with Crippen LogP contribution in [-0.2, 0) is 5.66 Å². The Morgan fingerprint density at radius 2 is 1.86 bits per heavy atom. The first-order chi connectivity index (χ1) is 17.1. The molecule has 9 nitrogen and oxygen atoms in total. The lowest BCUT2D eigenvalue weighted by Gasteiger charge is -2.34. The van der Waals surface area contributed by atoms with Crippen molar-refractivity contribution in [2.75, 3.05) is 50.6 Å². The van der Waals surface area contributed by atoms with Gasteiger partial charge in [-0.25, -0.2) is 4.99 Å². The number of ether oxygens (including phenoxy) is 1. The second kappa shape index (κ2) is 9.73. The van der Waals surface area contributed by atoms with Gasteiger partial charge in [0.05, 0.1) is 24.2 Å². The smallest absolute Gasteiger partial charge is 0.202 e. The topological polar surface area (TPSA) is 104 Å². The fourth-order valence-electron chi connectivity index (χ4n) is 4.35. The maximum Gasteiger partial charge on any atom is 0.202 e. The van der Waals surface area contributed by atoms with Gasteiger partial charge >= 0.3 is 0 Å². The zero-order valence-corrected chi connectivity index (χ0v) is 20.0. The minimum absolute atomic E-state index is 0.528. The van der Waals surface area contributed by atoms with E-state index in [0.717, 1.165) is 54.6 Å². The van der Waals surface area contributed by atoms with E-state index in [1.807, 2.05) is 48.5 Å². The van der Waals surface area contributed by atoms with Crippen LogP contribution in [0.25, 0.3) is 11.4 Å². The highest BCUT2D eigenvalue weighted by atomic mass is 16.5. The van der Waals surface area contributed by atoms with Gasteiger partial charge in [0.15, 0.2) is 5.66 Å². The minimum atomic E-state index is -1.11. The maximum absolute atomic E-state index is 6.79. The van der Waals surface area contributed by atoms with Gasteiger partial charge in [0.25, 0.3) is 0 Å². The average molecular weight is 471 g/mol. The number of aromatic nitrogens is 2. The highest BCUT2D eigenvalue weighted by molar-refractivity contribution is 5.96. The number of nitrogens with one attached hydrogen (secondary N) is 2. The fourth-order valence-corrected chi connectivity index (χ4v) is 4.35. The molecule has 1 atom stereocenters. The molecular formula is C26H30N8O. The molecule has 0 aliphatic carbocycles. The van der Waals surface area contributed by atoms with Gasteiger partial charge in [0.1, 0.15) is 5.75 Å². The number of aliphatic imine (C=N–C) groups is 1. The molecule has 5 rings (SSSR count). The second-order valence-electron chi connectivity index (χ2n) is 8.68. The molecule has 2 aliphatic rings. The first-order valence-corrected chi connectivity index (χ1v) is 11.6. The number of nitrogens with zero attached hydrogens (tertiary/aromatic N) is 5. The lowest BCUT2D eigenvalue weighted by molar-refractivity contribution is 0.311. The third-order valence-corrected chi connectivity index (χ3v) is 6.29.